The topological polar surface area (TPSA) is 160 Å². The minimum Gasteiger partial charge on any atom is -0.485 e. The van der Waals surface area contributed by atoms with Gasteiger partial charge in [0.2, 0.25) is 12.0 Å². The first-order valence-corrected chi connectivity index (χ1v) is 14.6. The van der Waals surface area contributed by atoms with Crippen molar-refractivity contribution in [3.63, 3.8) is 0 Å². The van der Waals surface area contributed by atoms with Gasteiger partial charge < -0.3 is 49.1 Å². The predicted octanol–water partition coefficient (Wildman–Crippen LogP) is 0.841. The molecule has 13 heteroatoms. The Morgan fingerprint density at radius 2 is 2.05 bits per heavy atom. The largest absolute Gasteiger partial charge is 0.485 e. The van der Waals surface area contributed by atoms with Gasteiger partial charge in [-0.2, -0.15) is 0 Å². The average Bonchev–Trinajstić information content (AvgIpc) is 3.36. The van der Waals surface area contributed by atoms with E-state index in [0.29, 0.717) is 24.2 Å². The van der Waals surface area contributed by atoms with Gasteiger partial charge in [-0.15, -0.1) is 0 Å². The zero-order valence-corrected chi connectivity index (χ0v) is 22.1. The van der Waals surface area contributed by atoms with Crippen LogP contribution in [0.25, 0.3) is 11.0 Å². The molecule has 1 aromatic carbocycles. The molecule has 0 radical (unpaired) electrons. The Morgan fingerprint density at radius 3 is 2.84 bits per heavy atom. The summed E-state index contributed by atoms with van der Waals surface area (Å²) in [5.74, 6) is 0.919. The normalized spacial score (nSPS) is 29.3. The summed E-state index contributed by atoms with van der Waals surface area (Å²) >= 11 is 0. The second-order valence-corrected chi connectivity index (χ2v) is 11.4. The molecule has 3 heterocycles. The molecule has 2 aliphatic heterocycles. The van der Waals surface area contributed by atoms with Gasteiger partial charge in [0, 0.05) is 36.4 Å². The Kier molecular flexibility index (Phi) is 9.86. The quantitative estimate of drug-likeness (QED) is 0.259. The fourth-order valence-corrected chi connectivity index (χ4v) is 6.65. The molecule has 37 heavy (non-hydrogen) atoms. The molecule has 1 aromatic heterocycles. The summed E-state index contributed by atoms with van der Waals surface area (Å²) in [6, 6.07) is 3.55. The van der Waals surface area contributed by atoms with Gasteiger partial charge in [-0.3, -0.25) is 4.79 Å². The minimum absolute atomic E-state index is 0.0679. The third-order valence-corrected chi connectivity index (χ3v) is 8.75. The van der Waals surface area contributed by atoms with Crippen molar-refractivity contribution >= 4 is 38.5 Å². The SMILES string of the molecule is CCOC(=O)CCc1cc2ccoc2c2c1O[C@H]1O[C@@](CO)(CSSCCNCCO2)[C@@H](O)[C@H](O)[C@H]1O. The number of carbonyl (C=O) groups excluding carboxylic acids is 1. The smallest absolute Gasteiger partial charge is 0.306 e. The van der Waals surface area contributed by atoms with Crippen LogP contribution < -0.4 is 14.8 Å². The van der Waals surface area contributed by atoms with Crippen LogP contribution in [-0.2, 0) is 20.7 Å². The standard InChI is InChI=1S/C24H33NO10S2/c1-2-31-16(27)4-3-14-11-15-5-8-32-19(15)21-20(14)34-23-18(29)17(28)22(30)24(12-26,35-23)13-37-36-10-7-25-6-9-33-21/h5,8,11,17-18,22-23,25-26,28-30H,2-4,6-7,9-10,12-13H2,1H3/t17-,18-,22+,23+,24+/m1/s1. The van der Waals surface area contributed by atoms with Gasteiger partial charge in [0.15, 0.2) is 11.3 Å². The lowest BCUT2D eigenvalue weighted by atomic mass is 9.88. The lowest BCUT2D eigenvalue weighted by molar-refractivity contribution is -0.312. The van der Waals surface area contributed by atoms with Gasteiger partial charge in [0.1, 0.15) is 30.5 Å². The molecule has 0 saturated carbocycles. The van der Waals surface area contributed by atoms with E-state index in [1.807, 2.05) is 0 Å². The van der Waals surface area contributed by atoms with E-state index in [4.69, 9.17) is 23.4 Å². The molecule has 0 aliphatic carbocycles. The first-order valence-electron chi connectivity index (χ1n) is 12.2. The fourth-order valence-electron chi connectivity index (χ4n) is 4.24. The first-order chi connectivity index (χ1) is 17.9. The third-order valence-electron chi connectivity index (χ3n) is 6.25. The summed E-state index contributed by atoms with van der Waals surface area (Å²) in [6.07, 6.45) is -4.49. The van der Waals surface area contributed by atoms with E-state index in [1.54, 1.807) is 19.1 Å². The van der Waals surface area contributed by atoms with Crippen molar-refractivity contribution in [3.8, 4) is 11.5 Å². The number of esters is 1. The maximum absolute atomic E-state index is 12.1. The molecular formula is C24H33NO10S2. The number of benzene rings is 1. The molecule has 0 spiro atoms. The molecule has 2 aliphatic rings. The lowest BCUT2D eigenvalue weighted by Crippen LogP contribution is -2.68. The molecule has 1 fully saturated rings. The van der Waals surface area contributed by atoms with Crippen molar-refractivity contribution in [2.24, 2.45) is 0 Å². The van der Waals surface area contributed by atoms with Gasteiger partial charge in [0.05, 0.1) is 19.5 Å². The van der Waals surface area contributed by atoms with E-state index >= 15 is 0 Å². The van der Waals surface area contributed by atoms with E-state index < -0.39 is 36.8 Å². The van der Waals surface area contributed by atoms with Gasteiger partial charge in [-0.1, -0.05) is 21.6 Å². The van der Waals surface area contributed by atoms with Crippen LogP contribution in [0.4, 0.5) is 0 Å². The Hall–Kier alpha value is -1.71. The van der Waals surface area contributed by atoms with Crippen LogP contribution in [0.2, 0.25) is 0 Å². The highest BCUT2D eigenvalue weighted by molar-refractivity contribution is 8.76. The van der Waals surface area contributed by atoms with Crippen LogP contribution >= 0.6 is 21.6 Å². The van der Waals surface area contributed by atoms with Gasteiger partial charge >= 0.3 is 5.97 Å². The van der Waals surface area contributed by atoms with Gasteiger partial charge in [-0.05, 0) is 31.0 Å². The Balaban J connectivity index is 1.76. The number of hydrogen-bond acceptors (Lipinski definition) is 13. The second kappa shape index (κ2) is 12.9. The summed E-state index contributed by atoms with van der Waals surface area (Å²) in [6.45, 7) is 2.89. The van der Waals surface area contributed by atoms with E-state index in [9.17, 15) is 25.2 Å². The first kappa shape index (κ1) is 28.3. The van der Waals surface area contributed by atoms with Crippen molar-refractivity contribution in [3.05, 3.63) is 24.0 Å². The maximum Gasteiger partial charge on any atom is 0.306 e. The number of carbonyl (C=O) groups is 1. The third kappa shape index (κ3) is 6.31. The Bertz CT molecular complexity index is 1050. The molecule has 0 unspecified atom stereocenters. The predicted molar refractivity (Wildman–Crippen MR) is 138 cm³/mol. The van der Waals surface area contributed by atoms with Crippen molar-refractivity contribution in [2.45, 2.75) is 50.0 Å². The number of nitrogens with one attached hydrogen (secondary N) is 1. The van der Waals surface area contributed by atoms with E-state index in [0.717, 1.165) is 11.1 Å². The van der Waals surface area contributed by atoms with Crippen LogP contribution in [0.15, 0.2) is 22.8 Å². The molecule has 4 rings (SSSR count). The van der Waals surface area contributed by atoms with E-state index in [1.165, 1.54) is 27.9 Å². The fraction of sp³-hybridized carbons (Fsp3) is 0.625. The van der Waals surface area contributed by atoms with Crippen LogP contribution in [0.5, 0.6) is 11.5 Å². The number of aryl methyl sites for hydroxylation is 1. The number of aliphatic hydroxyl groups excluding tert-OH is 4. The molecule has 2 aromatic rings. The highest BCUT2D eigenvalue weighted by Gasteiger charge is 2.54. The number of aliphatic hydroxyl groups is 4. The van der Waals surface area contributed by atoms with E-state index in [2.05, 4.69) is 5.32 Å². The number of furan rings is 1. The Morgan fingerprint density at radius 1 is 1.22 bits per heavy atom. The molecule has 2 bridgehead atoms. The average molecular weight is 560 g/mol. The van der Waals surface area contributed by atoms with Crippen molar-refractivity contribution in [1.29, 1.82) is 0 Å². The van der Waals surface area contributed by atoms with Crippen LogP contribution in [0.1, 0.15) is 18.9 Å². The zero-order valence-electron chi connectivity index (χ0n) is 20.5. The highest BCUT2D eigenvalue weighted by Crippen LogP contribution is 2.43. The summed E-state index contributed by atoms with van der Waals surface area (Å²) in [5.41, 5.74) is -0.607. The second-order valence-electron chi connectivity index (χ2n) is 8.77. The van der Waals surface area contributed by atoms with E-state index in [-0.39, 0.29) is 49.3 Å². The molecule has 0 amide bonds. The van der Waals surface area contributed by atoms with Crippen LogP contribution in [0, 0.1) is 0 Å². The molecule has 11 nitrogen and oxygen atoms in total. The van der Waals surface area contributed by atoms with Gasteiger partial charge in [0.25, 0.3) is 0 Å². The van der Waals surface area contributed by atoms with Crippen LogP contribution in [0.3, 0.4) is 0 Å². The molecule has 5 atom stereocenters. The summed E-state index contributed by atoms with van der Waals surface area (Å²) < 4.78 is 29.0. The molecule has 1 saturated heterocycles. The summed E-state index contributed by atoms with van der Waals surface area (Å²) in [4.78, 5) is 12.1. The number of ether oxygens (including phenoxy) is 4. The van der Waals surface area contributed by atoms with Gasteiger partial charge in [-0.25, -0.2) is 0 Å². The monoisotopic (exact) mass is 559 g/mol. The maximum atomic E-state index is 12.1. The minimum atomic E-state index is -1.64. The zero-order chi connectivity index (χ0) is 26.4. The van der Waals surface area contributed by atoms with Crippen molar-refractivity contribution in [1.82, 2.24) is 5.32 Å². The molecule has 5 N–H and O–H groups in total. The molecule has 206 valence electrons. The summed E-state index contributed by atoms with van der Waals surface area (Å²) in [5, 5.41) is 46.5. The number of fused-ring (bicyclic) bond motifs is 5. The summed E-state index contributed by atoms with van der Waals surface area (Å²) in [7, 11) is 2.90. The lowest BCUT2D eigenvalue weighted by Gasteiger charge is -2.47. The molecular weight excluding hydrogens is 526 g/mol. The van der Waals surface area contributed by atoms with Crippen LogP contribution in [-0.4, -0.2) is 101 Å². The highest BCUT2D eigenvalue weighted by atomic mass is 33.1. The van der Waals surface area contributed by atoms with Crippen molar-refractivity contribution < 1.29 is 48.6 Å². The van der Waals surface area contributed by atoms with Crippen molar-refractivity contribution in [2.75, 3.05) is 44.4 Å². The number of rotatable bonds is 5. The number of hydrogen-bond donors (Lipinski definition) is 5. The Labute approximate surface area is 222 Å².